The molecule has 3 rings (SSSR count). The van der Waals surface area contributed by atoms with E-state index in [1.54, 1.807) is 7.11 Å². The number of hydrazone groups is 1. The highest BCUT2D eigenvalue weighted by Gasteiger charge is 2.12. The SMILES string of the molecule is COc1cccc(-c2csc(C(C#N)=NNc3c(C)cc(C)cc3C)n2)c1. The van der Waals surface area contributed by atoms with Gasteiger partial charge in [-0.15, -0.1) is 11.3 Å². The van der Waals surface area contributed by atoms with E-state index >= 15 is 0 Å². The van der Waals surface area contributed by atoms with Gasteiger partial charge < -0.3 is 4.74 Å². The maximum absolute atomic E-state index is 9.53. The van der Waals surface area contributed by atoms with E-state index in [-0.39, 0.29) is 5.71 Å². The summed E-state index contributed by atoms with van der Waals surface area (Å²) in [5.41, 5.74) is 9.31. The molecule has 0 aliphatic heterocycles. The number of anilines is 1. The molecule has 136 valence electrons. The molecule has 0 spiro atoms. The van der Waals surface area contributed by atoms with Crippen molar-refractivity contribution in [2.75, 3.05) is 12.5 Å². The third-order valence-electron chi connectivity index (χ3n) is 4.13. The molecule has 0 saturated carbocycles. The number of hydrogen-bond acceptors (Lipinski definition) is 6. The standard InChI is InChI=1S/C21H20N4OS/c1-13-8-14(2)20(15(3)9-13)25-24-18(11-22)21-23-19(12-27-21)16-6-5-7-17(10-16)26-4/h5-10,12,25H,1-4H3. The number of hydrogen-bond donors (Lipinski definition) is 1. The molecule has 0 fully saturated rings. The van der Waals surface area contributed by atoms with Crippen LogP contribution in [0, 0.1) is 32.1 Å². The third-order valence-corrected chi connectivity index (χ3v) is 4.98. The van der Waals surface area contributed by atoms with E-state index in [0.29, 0.717) is 5.01 Å². The van der Waals surface area contributed by atoms with Crippen LogP contribution in [0.5, 0.6) is 5.75 Å². The summed E-state index contributed by atoms with van der Waals surface area (Å²) in [4.78, 5) is 4.57. The number of nitrogens with zero attached hydrogens (tertiary/aromatic N) is 3. The van der Waals surface area contributed by atoms with Gasteiger partial charge in [-0.2, -0.15) is 10.4 Å². The molecule has 0 aliphatic rings. The maximum atomic E-state index is 9.53. The minimum atomic E-state index is 0.258. The lowest BCUT2D eigenvalue weighted by Crippen LogP contribution is -2.03. The molecule has 0 saturated heterocycles. The lowest BCUT2D eigenvalue weighted by Gasteiger charge is -2.10. The number of nitriles is 1. The predicted molar refractivity (Wildman–Crippen MR) is 111 cm³/mol. The van der Waals surface area contributed by atoms with Gasteiger partial charge in [0.2, 0.25) is 0 Å². The van der Waals surface area contributed by atoms with E-state index in [0.717, 1.165) is 33.8 Å². The molecule has 0 radical (unpaired) electrons. The third kappa shape index (κ3) is 4.15. The summed E-state index contributed by atoms with van der Waals surface area (Å²) in [7, 11) is 1.63. The zero-order chi connectivity index (χ0) is 19.4. The normalized spacial score (nSPS) is 11.1. The summed E-state index contributed by atoms with van der Waals surface area (Å²) < 4.78 is 5.26. The average Bonchev–Trinajstić information content (AvgIpc) is 3.14. The fourth-order valence-electron chi connectivity index (χ4n) is 2.89. The maximum Gasteiger partial charge on any atom is 0.196 e. The Balaban J connectivity index is 1.88. The van der Waals surface area contributed by atoms with E-state index in [4.69, 9.17) is 4.74 Å². The Hall–Kier alpha value is -3.17. The minimum Gasteiger partial charge on any atom is -0.497 e. The first-order valence-corrected chi connectivity index (χ1v) is 9.31. The van der Waals surface area contributed by atoms with E-state index in [1.165, 1.54) is 16.9 Å². The number of nitrogens with one attached hydrogen (secondary N) is 1. The molecule has 1 heterocycles. The number of rotatable bonds is 5. The van der Waals surface area contributed by atoms with Gasteiger partial charge in [0.05, 0.1) is 18.5 Å². The molecule has 0 unspecified atom stereocenters. The van der Waals surface area contributed by atoms with Crippen molar-refractivity contribution < 1.29 is 4.74 Å². The van der Waals surface area contributed by atoms with Crippen LogP contribution in [0.25, 0.3) is 11.3 Å². The molecule has 0 bridgehead atoms. The van der Waals surface area contributed by atoms with Crippen molar-refractivity contribution >= 4 is 22.7 Å². The second kappa shape index (κ2) is 8.02. The second-order valence-electron chi connectivity index (χ2n) is 6.23. The first kappa shape index (κ1) is 18.6. The Bertz CT molecular complexity index is 1020. The number of ether oxygens (including phenoxy) is 1. The van der Waals surface area contributed by atoms with Crippen molar-refractivity contribution in [3.05, 3.63) is 63.5 Å². The molecular formula is C21H20N4OS. The largest absolute Gasteiger partial charge is 0.497 e. The Kier molecular flexibility index (Phi) is 5.53. The van der Waals surface area contributed by atoms with Crippen molar-refractivity contribution in [2.45, 2.75) is 20.8 Å². The van der Waals surface area contributed by atoms with Crippen molar-refractivity contribution in [3.8, 4) is 23.1 Å². The second-order valence-corrected chi connectivity index (χ2v) is 7.09. The average molecular weight is 376 g/mol. The van der Waals surface area contributed by atoms with E-state index in [2.05, 4.69) is 40.6 Å². The first-order valence-electron chi connectivity index (χ1n) is 8.43. The predicted octanol–water partition coefficient (Wildman–Crippen LogP) is 5.08. The van der Waals surface area contributed by atoms with Crippen LogP contribution in [0.15, 0.2) is 46.9 Å². The van der Waals surface area contributed by atoms with Gasteiger partial charge >= 0.3 is 0 Å². The van der Waals surface area contributed by atoms with Gasteiger partial charge in [-0.3, -0.25) is 5.43 Å². The molecule has 1 aromatic heterocycles. The van der Waals surface area contributed by atoms with Crippen LogP contribution in [0.2, 0.25) is 0 Å². The Morgan fingerprint density at radius 1 is 1.19 bits per heavy atom. The Morgan fingerprint density at radius 3 is 2.59 bits per heavy atom. The summed E-state index contributed by atoms with van der Waals surface area (Å²) in [6.45, 7) is 6.10. The Morgan fingerprint density at radius 2 is 1.93 bits per heavy atom. The van der Waals surface area contributed by atoms with Crippen LogP contribution in [0.3, 0.4) is 0 Å². The van der Waals surface area contributed by atoms with Gasteiger partial charge in [-0.1, -0.05) is 29.8 Å². The highest BCUT2D eigenvalue weighted by atomic mass is 32.1. The molecule has 0 amide bonds. The fourth-order valence-corrected chi connectivity index (χ4v) is 3.65. The summed E-state index contributed by atoms with van der Waals surface area (Å²) >= 11 is 1.39. The van der Waals surface area contributed by atoms with Crippen LogP contribution in [0.4, 0.5) is 5.69 Å². The van der Waals surface area contributed by atoms with Crippen LogP contribution in [-0.4, -0.2) is 17.8 Å². The lowest BCUT2D eigenvalue weighted by molar-refractivity contribution is 0.415. The van der Waals surface area contributed by atoms with Crippen LogP contribution in [-0.2, 0) is 0 Å². The van der Waals surface area contributed by atoms with Gasteiger partial charge in [0.15, 0.2) is 10.7 Å². The zero-order valence-corrected chi connectivity index (χ0v) is 16.5. The highest BCUT2D eigenvalue weighted by Crippen LogP contribution is 2.26. The van der Waals surface area contributed by atoms with Gasteiger partial charge in [0.25, 0.3) is 0 Å². The van der Waals surface area contributed by atoms with Crippen molar-refractivity contribution in [3.63, 3.8) is 0 Å². The molecule has 3 aromatic rings. The monoisotopic (exact) mass is 376 g/mol. The number of benzene rings is 2. The van der Waals surface area contributed by atoms with E-state index in [9.17, 15) is 5.26 Å². The van der Waals surface area contributed by atoms with Crippen molar-refractivity contribution in [1.29, 1.82) is 5.26 Å². The quantitative estimate of drug-likeness (QED) is 0.498. The molecule has 6 heteroatoms. The van der Waals surface area contributed by atoms with Gasteiger partial charge in [0, 0.05) is 10.9 Å². The molecule has 0 atom stereocenters. The minimum absolute atomic E-state index is 0.258. The molecule has 27 heavy (non-hydrogen) atoms. The molecule has 5 nitrogen and oxygen atoms in total. The summed E-state index contributed by atoms with van der Waals surface area (Å²) in [5, 5.41) is 16.3. The number of thiazole rings is 1. The first-order chi connectivity index (χ1) is 13.0. The molecular weight excluding hydrogens is 356 g/mol. The smallest absolute Gasteiger partial charge is 0.196 e. The fraction of sp³-hybridized carbons (Fsp3) is 0.190. The summed E-state index contributed by atoms with van der Waals surface area (Å²) in [5.74, 6) is 0.767. The number of methoxy groups -OCH3 is 1. The van der Waals surface area contributed by atoms with E-state index in [1.807, 2.05) is 43.5 Å². The lowest BCUT2D eigenvalue weighted by atomic mass is 10.1. The van der Waals surface area contributed by atoms with Crippen molar-refractivity contribution in [1.82, 2.24) is 4.98 Å². The molecule has 2 aromatic carbocycles. The number of aromatic nitrogens is 1. The van der Waals surface area contributed by atoms with Gasteiger partial charge in [-0.25, -0.2) is 4.98 Å². The molecule has 1 N–H and O–H groups in total. The Labute approximate surface area is 163 Å². The van der Waals surface area contributed by atoms with Crippen LogP contribution in [0.1, 0.15) is 21.7 Å². The van der Waals surface area contributed by atoms with Crippen molar-refractivity contribution in [2.24, 2.45) is 5.10 Å². The summed E-state index contributed by atoms with van der Waals surface area (Å²) in [6.07, 6.45) is 0. The van der Waals surface area contributed by atoms with Gasteiger partial charge in [-0.05, 0) is 44.0 Å². The molecule has 0 aliphatic carbocycles. The topological polar surface area (TPSA) is 70.3 Å². The van der Waals surface area contributed by atoms with Gasteiger partial charge in [0.1, 0.15) is 11.8 Å². The summed E-state index contributed by atoms with van der Waals surface area (Å²) in [6, 6.07) is 14.0. The number of aryl methyl sites for hydroxylation is 3. The van der Waals surface area contributed by atoms with Crippen LogP contribution >= 0.6 is 11.3 Å². The van der Waals surface area contributed by atoms with E-state index < -0.39 is 0 Å². The zero-order valence-electron chi connectivity index (χ0n) is 15.7. The highest BCUT2D eigenvalue weighted by molar-refractivity contribution is 7.12. The van der Waals surface area contributed by atoms with Crippen LogP contribution < -0.4 is 10.2 Å².